The summed E-state index contributed by atoms with van der Waals surface area (Å²) in [4.78, 5) is 35.8. The van der Waals surface area contributed by atoms with Crippen LogP contribution < -0.4 is 48.5 Å². The van der Waals surface area contributed by atoms with Crippen molar-refractivity contribution in [2.24, 2.45) is 0 Å². The molecule has 13 aromatic carbocycles. The van der Waals surface area contributed by atoms with Gasteiger partial charge in [0.15, 0.2) is 11.2 Å². The Morgan fingerprint density at radius 3 is 0.916 bits per heavy atom. The normalized spacial score (nSPS) is 11.0. The van der Waals surface area contributed by atoms with E-state index in [0.29, 0.717) is 57.8 Å². The third-order valence-electron chi connectivity index (χ3n) is 18.3. The molecule has 0 aliphatic rings. The summed E-state index contributed by atoms with van der Waals surface area (Å²) in [5.41, 5.74) is 16.3. The molecule has 0 aliphatic carbocycles. The number of hydrogen-bond donors (Lipinski definition) is 2. The monoisotopic (exact) mass is 1570 g/mol. The summed E-state index contributed by atoms with van der Waals surface area (Å²) in [6.07, 6.45) is 8.19. The number of rotatable bonds is 25. The molecule has 2 N–H and O–H groups in total. The molecule has 5 aromatic heterocycles. The number of ether oxygens (including phenoxy) is 8. The number of para-hydroxylation sites is 5. The van der Waals surface area contributed by atoms with E-state index >= 15 is 0 Å². The van der Waals surface area contributed by atoms with Gasteiger partial charge in [0.05, 0.1) is 45.5 Å². The largest absolute Gasteiger partial charge is 0.497 e. The molecule has 18 aromatic rings. The van der Waals surface area contributed by atoms with Crippen molar-refractivity contribution in [3.05, 3.63) is 362 Å². The molecule has 0 atom stereocenters. The molecule has 0 saturated carbocycles. The van der Waals surface area contributed by atoms with E-state index in [1.807, 2.05) is 181 Å². The van der Waals surface area contributed by atoms with E-state index in [1.54, 1.807) is 126 Å². The van der Waals surface area contributed by atoms with Crippen molar-refractivity contribution >= 4 is 69.8 Å². The summed E-state index contributed by atoms with van der Waals surface area (Å²) in [6.45, 7) is 0. The van der Waals surface area contributed by atoms with Gasteiger partial charge in [0.25, 0.3) is 0 Å². The number of methoxy groups -OCH3 is 4. The quantitative estimate of drug-likeness (QED) is 0.0505. The van der Waals surface area contributed by atoms with Crippen LogP contribution in [0.25, 0.3) is 97.6 Å². The first-order valence-electron chi connectivity index (χ1n) is 37.7. The molecule has 0 aliphatic heterocycles. The topological polar surface area (TPSA) is 245 Å². The highest BCUT2D eigenvalue weighted by molar-refractivity contribution is 5.79. The number of nitrogens with one attached hydrogen (secondary N) is 2. The van der Waals surface area contributed by atoms with Crippen LogP contribution >= 0.6 is 0 Å². The highest BCUT2D eigenvalue weighted by Gasteiger charge is 2.18. The summed E-state index contributed by atoms with van der Waals surface area (Å²) in [5, 5.41) is 11.3. The number of oxazole rings is 2. The number of fused-ring (bicyclic) bond motifs is 2. The van der Waals surface area contributed by atoms with Crippen LogP contribution in [-0.4, -0.2) is 78.1 Å². The summed E-state index contributed by atoms with van der Waals surface area (Å²) in [6, 6.07) is 109. The van der Waals surface area contributed by atoms with Crippen molar-refractivity contribution in [1.29, 1.82) is 0 Å². The third-order valence-corrected chi connectivity index (χ3v) is 18.3. The number of anilines is 4. The van der Waals surface area contributed by atoms with Crippen LogP contribution in [0.2, 0.25) is 0 Å². The van der Waals surface area contributed by atoms with Gasteiger partial charge in [0.2, 0.25) is 23.7 Å². The Balaban J connectivity index is 0.000000157. The van der Waals surface area contributed by atoms with E-state index in [4.69, 9.17) is 51.8 Å². The molecule has 0 spiro atoms. The Morgan fingerprint density at radius 2 is 0.580 bits per heavy atom. The molecule has 0 unspecified atom stereocenters. The number of nitrogens with zero attached hydrogens (tertiary/aromatic N) is 10. The molecule has 0 radical (unpaired) electrons. The second-order valence-electron chi connectivity index (χ2n) is 26.3. The lowest BCUT2D eigenvalue weighted by atomic mass is 10.1. The van der Waals surface area contributed by atoms with Gasteiger partial charge in [-0.15, -0.1) is 9.97 Å². The van der Waals surface area contributed by atoms with Crippen molar-refractivity contribution in [2.75, 3.05) is 39.1 Å². The summed E-state index contributed by atoms with van der Waals surface area (Å²) in [7, 11) is 6.39. The van der Waals surface area contributed by atoms with Crippen LogP contribution in [0, 0.1) is 0 Å². The van der Waals surface area contributed by atoms with Crippen LogP contribution in [0.1, 0.15) is 22.3 Å². The molecular weight excluding hydrogens is 1490 g/mol. The molecule has 18 rings (SSSR count). The average Bonchev–Trinajstić information content (AvgIpc) is 1.75. The van der Waals surface area contributed by atoms with E-state index in [-0.39, 0.29) is 35.9 Å². The SMILES string of the molecule is C(=Cc1ccc(-c2nc3ccccc3o2)cc1)c1ccc(-c2nc3ccccc3o2)cc1.COc1ccc(Oc2nc(Nc3ccc(C=Cc4ccc(Nc5nc(Oc6ccc(OC)cc6)nc(Oc6ccc(OC)cc6)n5)cc4)cc3)nc(Oc3ccc(OC)cc3)n2)cc1.c1ccc(-c2cc(-c3ccccc3)n(-c3ccccc3)n2)cc1. The van der Waals surface area contributed by atoms with E-state index in [2.05, 4.69) is 142 Å². The zero-order valence-corrected chi connectivity index (χ0v) is 64.7. The standard InChI is InChI=1S/C48H40N8O8.C28H18N2O2.C21H16N2/c1-57-35-15-23-39(24-16-35)61-45-51-43(52-46(55-45)62-40-25-17-36(58-2)18-26-40)49-33-11-7-31(8-12-33)5-6-32-9-13-34(14-10-32)50-44-53-47(63-41-27-19-37(59-3)20-28-41)56-48(54-44)64-42-29-21-38(60-4)22-30-42;1-3-7-25-23(5-1)29-27(31-25)21-15-11-19(12-16-21)9-10-20-13-17-22(18-14-20)28-30-24-6-2-4-8-26(24)32-28;1-4-10-17(11-5-1)20-16-21(18-12-6-2-7-13-18)23(22-20)19-14-8-3-9-15-19/h5-30H,1-4H3,(H,49,51,52,55)(H,50,53,54,56);1-18H;1-16H. The van der Waals surface area contributed by atoms with Crippen LogP contribution in [-0.2, 0) is 0 Å². The zero-order chi connectivity index (χ0) is 80.9. The van der Waals surface area contributed by atoms with Gasteiger partial charge in [-0.05, 0) is 210 Å². The highest BCUT2D eigenvalue weighted by atomic mass is 16.5. The maximum Gasteiger partial charge on any atom is 0.330 e. The van der Waals surface area contributed by atoms with Gasteiger partial charge in [-0.25, -0.2) is 14.6 Å². The Labute approximate surface area is 684 Å². The lowest BCUT2D eigenvalue weighted by Crippen LogP contribution is -2.03. The third kappa shape index (κ3) is 20.1. The van der Waals surface area contributed by atoms with Crippen molar-refractivity contribution < 1.29 is 46.7 Å². The first-order chi connectivity index (χ1) is 58.6. The molecule has 0 saturated heterocycles. The minimum Gasteiger partial charge on any atom is -0.497 e. The van der Waals surface area contributed by atoms with Crippen LogP contribution in [0.4, 0.5) is 23.3 Å². The Bertz CT molecular complexity index is 5850. The molecule has 119 heavy (non-hydrogen) atoms. The molecule has 582 valence electrons. The maximum absolute atomic E-state index is 5.97. The molecule has 5 heterocycles. The lowest BCUT2D eigenvalue weighted by molar-refractivity contribution is 0.393. The van der Waals surface area contributed by atoms with Gasteiger partial charge in [0, 0.05) is 33.6 Å². The second-order valence-corrected chi connectivity index (χ2v) is 26.3. The second kappa shape index (κ2) is 37.0. The predicted molar refractivity (Wildman–Crippen MR) is 463 cm³/mol. The van der Waals surface area contributed by atoms with Gasteiger partial charge in [0.1, 0.15) is 57.0 Å². The van der Waals surface area contributed by atoms with E-state index in [0.717, 1.165) is 95.2 Å². The zero-order valence-electron chi connectivity index (χ0n) is 64.7. The fraction of sp³-hybridized carbons (Fsp3) is 0.0412. The number of benzene rings is 13. The number of aromatic nitrogens is 10. The lowest BCUT2D eigenvalue weighted by Gasteiger charge is -2.11. The minimum atomic E-state index is 0.0345. The predicted octanol–water partition coefficient (Wildman–Crippen LogP) is 23.6. The van der Waals surface area contributed by atoms with Crippen molar-refractivity contribution in [3.63, 3.8) is 0 Å². The molecule has 22 nitrogen and oxygen atoms in total. The molecule has 0 fully saturated rings. The highest BCUT2D eigenvalue weighted by Crippen LogP contribution is 2.34. The summed E-state index contributed by atoms with van der Waals surface area (Å²) >= 11 is 0. The first-order valence-corrected chi connectivity index (χ1v) is 37.7. The van der Waals surface area contributed by atoms with Crippen LogP contribution in [0.15, 0.2) is 349 Å². The summed E-state index contributed by atoms with van der Waals surface area (Å²) in [5.74, 6) is 6.50. The smallest absolute Gasteiger partial charge is 0.330 e. The van der Waals surface area contributed by atoms with E-state index in [1.165, 1.54) is 0 Å². The first kappa shape index (κ1) is 76.5. The van der Waals surface area contributed by atoms with Gasteiger partial charge >= 0.3 is 24.0 Å². The van der Waals surface area contributed by atoms with Crippen molar-refractivity contribution in [1.82, 2.24) is 49.7 Å². The Hall–Kier alpha value is -16.5. The van der Waals surface area contributed by atoms with Crippen LogP contribution in [0.3, 0.4) is 0 Å². The van der Waals surface area contributed by atoms with Gasteiger partial charge in [-0.1, -0.05) is 176 Å². The van der Waals surface area contributed by atoms with Gasteiger partial charge in [-0.3, -0.25) is 0 Å². The van der Waals surface area contributed by atoms with E-state index < -0.39 is 0 Å². The Kier molecular flexibility index (Phi) is 23.8. The average molecular weight is 1570 g/mol. The van der Waals surface area contributed by atoms with Gasteiger partial charge < -0.3 is 57.4 Å². The van der Waals surface area contributed by atoms with Crippen molar-refractivity contribution in [3.8, 4) is 121 Å². The number of hydrogen-bond acceptors (Lipinski definition) is 21. The van der Waals surface area contributed by atoms with Gasteiger partial charge in [-0.2, -0.15) is 25.0 Å². The minimum absolute atomic E-state index is 0.0345. The van der Waals surface area contributed by atoms with Crippen LogP contribution in [0.5, 0.6) is 70.0 Å². The molecule has 22 heteroatoms. The maximum atomic E-state index is 5.97. The fourth-order valence-electron chi connectivity index (χ4n) is 12.1. The van der Waals surface area contributed by atoms with Crippen molar-refractivity contribution in [2.45, 2.75) is 0 Å². The molecule has 0 amide bonds. The fourth-order valence-corrected chi connectivity index (χ4v) is 12.1. The summed E-state index contributed by atoms with van der Waals surface area (Å²) < 4.78 is 58.6. The molecule has 0 bridgehead atoms. The molecular formula is C97H74N12O10. The Morgan fingerprint density at radius 1 is 0.277 bits per heavy atom. The van der Waals surface area contributed by atoms with E-state index in [9.17, 15) is 0 Å².